The first kappa shape index (κ1) is 19.5. The van der Waals surface area contributed by atoms with Crippen LogP contribution in [0.3, 0.4) is 0 Å². The van der Waals surface area contributed by atoms with E-state index in [2.05, 4.69) is 33.9 Å². The van der Waals surface area contributed by atoms with E-state index < -0.39 is 0 Å². The van der Waals surface area contributed by atoms with Gasteiger partial charge in [-0.1, -0.05) is 0 Å². The van der Waals surface area contributed by atoms with Gasteiger partial charge in [-0.25, -0.2) is 0 Å². The number of rotatable bonds is 8. The van der Waals surface area contributed by atoms with Crippen molar-refractivity contribution < 1.29 is 9.53 Å². The van der Waals surface area contributed by atoms with Crippen LogP contribution in [0.25, 0.3) is 0 Å². The quantitative estimate of drug-likeness (QED) is 0.681. The van der Waals surface area contributed by atoms with Crippen molar-refractivity contribution in [3.8, 4) is 5.75 Å². The van der Waals surface area contributed by atoms with E-state index in [0.29, 0.717) is 12.5 Å². The second kappa shape index (κ2) is 10.2. The maximum Gasteiger partial charge on any atom is 0.237 e. The van der Waals surface area contributed by atoms with Crippen molar-refractivity contribution >= 4 is 17.7 Å². The van der Waals surface area contributed by atoms with Gasteiger partial charge < -0.3 is 15.4 Å². The van der Waals surface area contributed by atoms with Crippen molar-refractivity contribution in [1.82, 2.24) is 15.5 Å². The number of benzene rings is 1. The molecule has 2 heterocycles. The van der Waals surface area contributed by atoms with Crippen LogP contribution in [0.2, 0.25) is 0 Å². The third kappa shape index (κ3) is 5.89. The molecule has 0 radical (unpaired) electrons. The van der Waals surface area contributed by atoms with Gasteiger partial charge in [0, 0.05) is 24.5 Å². The summed E-state index contributed by atoms with van der Waals surface area (Å²) in [6.45, 7) is 5.60. The van der Waals surface area contributed by atoms with Crippen LogP contribution in [0.5, 0.6) is 5.75 Å². The lowest BCUT2D eigenvalue weighted by Crippen LogP contribution is -2.46. The van der Waals surface area contributed by atoms with Crippen LogP contribution in [-0.2, 0) is 4.79 Å². The van der Waals surface area contributed by atoms with Gasteiger partial charge >= 0.3 is 0 Å². The summed E-state index contributed by atoms with van der Waals surface area (Å²) < 4.78 is 5.88. The topological polar surface area (TPSA) is 53.6 Å². The molecule has 26 heavy (non-hydrogen) atoms. The van der Waals surface area contributed by atoms with Gasteiger partial charge in [0.05, 0.1) is 6.04 Å². The predicted molar refractivity (Wildman–Crippen MR) is 107 cm³/mol. The number of piperidine rings is 1. The van der Waals surface area contributed by atoms with Crippen molar-refractivity contribution in [3.63, 3.8) is 0 Å². The summed E-state index contributed by atoms with van der Waals surface area (Å²) in [5, 5.41) is 6.41. The summed E-state index contributed by atoms with van der Waals surface area (Å²) >= 11 is 1.74. The number of carbonyl (C=O) groups excluding carboxylic acids is 1. The second-order valence-corrected chi connectivity index (χ2v) is 8.11. The monoisotopic (exact) mass is 377 g/mol. The number of thioether (sulfide) groups is 1. The third-order valence-corrected chi connectivity index (χ3v) is 6.02. The van der Waals surface area contributed by atoms with Crippen molar-refractivity contribution in [2.45, 2.75) is 36.6 Å². The number of amides is 1. The average molecular weight is 378 g/mol. The molecule has 3 rings (SSSR count). The largest absolute Gasteiger partial charge is 0.492 e. The highest BCUT2D eigenvalue weighted by molar-refractivity contribution is 7.98. The Morgan fingerprint density at radius 2 is 2.15 bits per heavy atom. The van der Waals surface area contributed by atoms with Crippen molar-refractivity contribution in [2.24, 2.45) is 5.92 Å². The Kier molecular flexibility index (Phi) is 7.65. The molecular formula is C20H31N3O2S. The molecule has 0 aliphatic carbocycles. The Hall–Kier alpha value is -1.24. The Bertz CT molecular complexity index is 561. The fraction of sp³-hybridized carbons (Fsp3) is 0.650. The molecule has 6 heteroatoms. The van der Waals surface area contributed by atoms with Crippen LogP contribution in [0.4, 0.5) is 0 Å². The fourth-order valence-electron chi connectivity index (χ4n) is 3.76. The molecule has 2 saturated heterocycles. The first-order chi connectivity index (χ1) is 12.7. The van der Waals surface area contributed by atoms with Gasteiger partial charge in [-0.05, 0) is 75.2 Å². The average Bonchev–Trinajstić information content (AvgIpc) is 3.22. The van der Waals surface area contributed by atoms with E-state index in [-0.39, 0.29) is 11.9 Å². The van der Waals surface area contributed by atoms with Crippen LogP contribution in [0.15, 0.2) is 29.2 Å². The molecule has 2 aliphatic heterocycles. The second-order valence-electron chi connectivity index (χ2n) is 7.23. The lowest BCUT2D eigenvalue weighted by Gasteiger charge is -2.32. The normalized spacial score (nSPS) is 23.7. The molecule has 5 nitrogen and oxygen atoms in total. The Labute approximate surface area is 161 Å². The smallest absolute Gasteiger partial charge is 0.237 e. The number of hydrogen-bond acceptors (Lipinski definition) is 5. The van der Waals surface area contributed by atoms with Crippen molar-refractivity contribution in [1.29, 1.82) is 0 Å². The molecule has 2 N–H and O–H groups in total. The number of hydrogen-bond donors (Lipinski definition) is 2. The van der Waals surface area contributed by atoms with E-state index in [4.69, 9.17) is 4.74 Å². The molecule has 2 fully saturated rings. The van der Waals surface area contributed by atoms with E-state index in [9.17, 15) is 4.79 Å². The molecule has 2 aliphatic rings. The van der Waals surface area contributed by atoms with Crippen LogP contribution in [0, 0.1) is 5.92 Å². The van der Waals surface area contributed by atoms with Gasteiger partial charge in [-0.15, -0.1) is 11.8 Å². The molecule has 2 atom stereocenters. The number of ether oxygens (including phenoxy) is 1. The summed E-state index contributed by atoms with van der Waals surface area (Å²) in [4.78, 5) is 15.9. The number of carbonyl (C=O) groups is 1. The molecule has 0 spiro atoms. The highest BCUT2D eigenvalue weighted by atomic mass is 32.2. The molecule has 0 aromatic heterocycles. The van der Waals surface area contributed by atoms with Gasteiger partial charge in [0.1, 0.15) is 12.4 Å². The highest BCUT2D eigenvalue weighted by Crippen LogP contribution is 2.19. The number of nitrogens with one attached hydrogen (secondary N) is 2. The van der Waals surface area contributed by atoms with Gasteiger partial charge in [0.15, 0.2) is 0 Å². The van der Waals surface area contributed by atoms with Crippen molar-refractivity contribution in [2.75, 3.05) is 45.6 Å². The Morgan fingerprint density at radius 1 is 1.31 bits per heavy atom. The van der Waals surface area contributed by atoms with E-state index in [1.54, 1.807) is 11.8 Å². The molecule has 0 bridgehead atoms. The van der Waals surface area contributed by atoms with Gasteiger partial charge in [0.25, 0.3) is 0 Å². The lowest BCUT2D eigenvalue weighted by molar-refractivity contribution is -0.123. The Morgan fingerprint density at radius 3 is 2.88 bits per heavy atom. The lowest BCUT2D eigenvalue weighted by atomic mass is 9.98. The molecule has 2 unspecified atom stereocenters. The van der Waals surface area contributed by atoms with Crippen LogP contribution >= 0.6 is 11.8 Å². The highest BCUT2D eigenvalue weighted by Gasteiger charge is 2.24. The van der Waals surface area contributed by atoms with E-state index in [0.717, 1.165) is 51.3 Å². The standard InChI is InChI=1S/C20H31N3O2S/c1-26-18-8-6-17(7-9-18)25-13-12-23-11-3-4-16(15-23)14-22-20(24)19-5-2-10-21-19/h6-9,16,19,21H,2-5,10-15H2,1H3,(H,22,24). The van der Waals surface area contributed by atoms with Crippen LogP contribution in [-0.4, -0.2) is 62.4 Å². The maximum atomic E-state index is 12.1. The summed E-state index contributed by atoms with van der Waals surface area (Å²) in [5.41, 5.74) is 0. The maximum absolute atomic E-state index is 12.1. The minimum Gasteiger partial charge on any atom is -0.492 e. The third-order valence-electron chi connectivity index (χ3n) is 5.28. The Balaban J connectivity index is 1.34. The van der Waals surface area contributed by atoms with E-state index in [1.165, 1.54) is 17.7 Å². The van der Waals surface area contributed by atoms with Gasteiger partial charge in [0.2, 0.25) is 5.91 Å². The van der Waals surface area contributed by atoms with Crippen LogP contribution < -0.4 is 15.4 Å². The molecule has 0 saturated carbocycles. The number of likely N-dealkylation sites (tertiary alicyclic amines) is 1. The SMILES string of the molecule is CSc1ccc(OCCN2CCCC(CNC(=O)C3CCCN3)C2)cc1. The minimum atomic E-state index is 0.0283. The van der Waals surface area contributed by atoms with E-state index in [1.807, 2.05) is 12.1 Å². The zero-order valence-electron chi connectivity index (χ0n) is 15.7. The van der Waals surface area contributed by atoms with Gasteiger partial charge in [-0.2, -0.15) is 0 Å². The van der Waals surface area contributed by atoms with Crippen molar-refractivity contribution in [3.05, 3.63) is 24.3 Å². The first-order valence-corrected chi connectivity index (χ1v) is 11.0. The molecular weight excluding hydrogens is 346 g/mol. The first-order valence-electron chi connectivity index (χ1n) is 9.75. The van der Waals surface area contributed by atoms with E-state index >= 15 is 0 Å². The summed E-state index contributed by atoms with van der Waals surface area (Å²) in [6, 6.07) is 8.30. The number of nitrogens with zero attached hydrogens (tertiary/aromatic N) is 1. The molecule has 1 amide bonds. The zero-order valence-corrected chi connectivity index (χ0v) is 16.5. The van der Waals surface area contributed by atoms with Gasteiger partial charge in [-0.3, -0.25) is 9.69 Å². The predicted octanol–water partition coefficient (Wildman–Crippen LogP) is 2.37. The summed E-state index contributed by atoms with van der Waals surface area (Å²) in [5.74, 6) is 1.67. The van der Waals surface area contributed by atoms with Crippen LogP contribution in [0.1, 0.15) is 25.7 Å². The fourth-order valence-corrected chi connectivity index (χ4v) is 4.17. The zero-order chi connectivity index (χ0) is 18.2. The summed E-state index contributed by atoms with van der Waals surface area (Å²) in [6.07, 6.45) is 6.55. The molecule has 1 aromatic carbocycles. The minimum absolute atomic E-state index is 0.0283. The summed E-state index contributed by atoms with van der Waals surface area (Å²) in [7, 11) is 0. The molecule has 144 valence electrons. The molecule has 1 aromatic rings.